The molecule has 224 valence electrons. The summed E-state index contributed by atoms with van der Waals surface area (Å²) in [5.41, 5.74) is 1.75. The van der Waals surface area contributed by atoms with Gasteiger partial charge in [-0.15, -0.1) is 0 Å². The molecule has 3 aliphatic rings. The molecule has 0 N–H and O–H groups in total. The Hall–Kier alpha value is -4.55. The number of rotatable bonds is 7. The van der Waals surface area contributed by atoms with Gasteiger partial charge in [-0.2, -0.15) is 13.2 Å². The SMILES string of the molecule is C=N/C(=N\C1=C(C)N(C)C(=O)C2(CC2)N1Cc1ccc(-c2nc(C(F)(F)F)cn2C)cc1)c1c(OC)ncnc1C1CC1. The van der Waals surface area contributed by atoms with Crippen LogP contribution in [-0.4, -0.2) is 67.5 Å². The van der Waals surface area contributed by atoms with Crippen LogP contribution in [0.4, 0.5) is 13.2 Å². The third kappa shape index (κ3) is 4.96. The standard InChI is InChI=1S/C30H31F3N8O2/c1-17-25(38-24(34-2)22-23(19-10-11-19)35-16-36-27(22)43-5)41(29(12-13-29)28(42)40(17)4)14-18-6-8-20(9-7-18)26-37-21(15-39(26)3)30(31,32)33/h6-9,15-16,19H,2,10-14H2,1,3-5H3/b38-24-. The third-order valence-electron chi connectivity index (χ3n) is 8.33. The predicted molar refractivity (Wildman–Crippen MR) is 153 cm³/mol. The molecule has 0 radical (unpaired) electrons. The molecule has 1 aromatic carbocycles. The monoisotopic (exact) mass is 592 g/mol. The molecule has 3 heterocycles. The zero-order chi connectivity index (χ0) is 30.7. The fourth-order valence-corrected chi connectivity index (χ4v) is 5.59. The van der Waals surface area contributed by atoms with Gasteiger partial charge >= 0.3 is 6.18 Å². The van der Waals surface area contributed by atoms with Gasteiger partial charge in [0.15, 0.2) is 17.4 Å². The van der Waals surface area contributed by atoms with Crippen molar-refractivity contribution in [3.05, 3.63) is 70.8 Å². The molecule has 2 saturated carbocycles. The Kier molecular flexibility index (Phi) is 6.85. The van der Waals surface area contributed by atoms with Gasteiger partial charge in [0.25, 0.3) is 5.91 Å². The van der Waals surface area contributed by atoms with E-state index in [4.69, 9.17) is 9.73 Å². The number of aliphatic imine (C=N–C) groups is 2. The smallest absolute Gasteiger partial charge is 0.434 e. The summed E-state index contributed by atoms with van der Waals surface area (Å²) >= 11 is 0. The number of carbonyl (C=O) groups is 1. The minimum absolute atomic E-state index is 0.0133. The van der Waals surface area contributed by atoms with Crippen molar-refractivity contribution in [1.82, 2.24) is 29.3 Å². The molecule has 3 aromatic rings. The Balaban J connectivity index is 1.38. The van der Waals surface area contributed by atoms with E-state index in [0.717, 1.165) is 30.3 Å². The molecule has 2 fully saturated rings. The second kappa shape index (κ2) is 10.3. The maximum Gasteiger partial charge on any atom is 0.434 e. The maximum atomic E-state index is 13.5. The van der Waals surface area contributed by atoms with Crippen molar-refractivity contribution in [3.63, 3.8) is 0 Å². The van der Waals surface area contributed by atoms with E-state index in [-0.39, 0.29) is 17.6 Å². The first-order valence-corrected chi connectivity index (χ1v) is 13.9. The average Bonchev–Trinajstić information content (AvgIpc) is 3.93. The number of hydrogen-bond donors (Lipinski definition) is 0. The van der Waals surface area contributed by atoms with Crippen LogP contribution in [0.25, 0.3) is 11.4 Å². The van der Waals surface area contributed by atoms with Crippen molar-refractivity contribution in [2.45, 2.75) is 56.8 Å². The summed E-state index contributed by atoms with van der Waals surface area (Å²) in [5.74, 6) is 1.69. The topological polar surface area (TPSA) is 101 Å². The van der Waals surface area contributed by atoms with Crippen LogP contribution in [0.2, 0.25) is 0 Å². The number of imidazole rings is 1. The molecule has 0 unspecified atom stereocenters. The van der Waals surface area contributed by atoms with Crippen molar-refractivity contribution in [2.24, 2.45) is 17.0 Å². The Morgan fingerprint density at radius 3 is 2.42 bits per heavy atom. The van der Waals surface area contributed by atoms with E-state index in [2.05, 4.69) is 26.7 Å². The lowest BCUT2D eigenvalue weighted by molar-refractivity contribution is -0.141. The van der Waals surface area contributed by atoms with Crippen molar-refractivity contribution in [2.75, 3.05) is 14.2 Å². The van der Waals surface area contributed by atoms with Crippen LogP contribution in [0.5, 0.6) is 5.88 Å². The summed E-state index contributed by atoms with van der Waals surface area (Å²) in [5, 5.41) is 0. The van der Waals surface area contributed by atoms with Gasteiger partial charge in [-0.1, -0.05) is 24.3 Å². The fourth-order valence-electron chi connectivity index (χ4n) is 5.59. The highest BCUT2D eigenvalue weighted by molar-refractivity contribution is 6.05. The first kappa shape index (κ1) is 28.6. The number of hydrogen-bond acceptors (Lipinski definition) is 7. The number of amides is 1. The van der Waals surface area contributed by atoms with E-state index in [1.54, 1.807) is 24.1 Å². The van der Waals surface area contributed by atoms with Gasteiger partial charge in [-0.25, -0.2) is 24.9 Å². The largest absolute Gasteiger partial charge is 0.480 e. The third-order valence-corrected chi connectivity index (χ3v) is 8.33. The van der Waals surface area contributed by atoms with Gasteiger partial charge in [-0.3, -0.25) is 4.79 Å². The number of nitrogens with zero attached hydrogens (tertiary/aromatic N) is 8. The number of methoxy groups -OCH3 is 1. The normalized spacial score (nSPS) is 18.5. The van der Waals surface area contributed by atoms with Crippen molar-refractivity contribution >= 4 is 18.5 Å². The van der Waals surface area contributed by atoms with E-state index >= 15 is 0 Å². The molecular weight excluding hydrogens is 561 g/mol. The summed E-state index contributed by atoms with van der Waals surface area (Å²) in [4.78, 5) is 39.0. The number of aromatic nitrogens is 4. The van der Waals surface area contributed by atoms with Gasteiger partial charge in [0, 0.05) is 38.3 Å². The molecule has 0 bridgehead atoms. The summed E-state index contributed by atoms with van der Waals surface area (Å²) in [6, 6.07) is 7.14. The first-order valence-electron chi connectivity index (χ1n) is 13.9. The minimum Gasteiger partial charge on any atom is -0.480 e. The van der Waals surface area contributed by atoms with E-state index in [1.165, 1.54) is 25.1 Å². The molecule has 6 rings (SSSR count). The lowest BCUT2D eigenvalue weighted by atomic mass is 10.0. The first-order chi connectivity index (χ1) is 20.5. The number of amidine groups is 1. The molecule has 2 aliphatic carbocycles. The quantitative estimate of drug-likeness (QED) is 0.285. The molecule has 1 spiro atoms. The lowest BCUT2D eigenvalue weighted by Gasteiger charge is -2.42. The summed E-state index contributed by atoms with van der Waals surface area (Å²) in [7, 11) is 4.80. The minimum atomic E-state index is -4.53. The molecule has 13 heteroatoms. The Labute approximate surface area is 246 Å². The van der Waals surface area contributed by atoms with Gasteiger partial charge < -0.3 is 19.1 Å². The number of likely N-dealkylation sites (N-methyl/N-ethyl adjacent to an activating group) is 1. The Bertz CT molecular complexity index is 1670. The predicted octanol–water partition coefficient (Wildman–Crippen LogP) is 4.92. The molecular formula is C30H31F3N8O2. The van der Waals surface area contributed by atoms with Crippen molar-refractivity contribution in [3.8, 4) is 17.3 Å². The van der Waals surface area contributed by atoms with Gasteiger partial charge in [0.1, 0.15) is 23.3 Å². The second-order valence-electron chi connectivity index (χ2n) is 11.2. The maximum absolute atomic E-state index is 13.5. The van der Waals surface area contributed by atoms with Crippen LogP contribution >= 0.6 is 0 Å². The zero-order valence-corrected chi connectivity index (χ0v) is 24.3. The molecule has 10 nitrogen and oxygen atoms in total. The molecule has 0 saturated heterocycles. The van der Waals surface area contributed by atoms with E-state index in [9.17, 15) is 18.0 Å². The van der Waals surface area contributed by atoms with Crippen molar-refractivity contribution < 1.29 is 22.7 Å². The highest BCUT2D eigenvalue weighted by Crippen LogP contribution is 2.50. The van der Waals surface area contributed by atoms with Gasteiger partial charge in [-0.05, 0) is 44.9 Å². The highest BCUT2D eigenvalue weighted by Gasteiger charge is 2.59. The van der Waals surface area contributed by atoms with Crippen LogP contribution in [0.3, 0.4) is 0 Å². The summed E-state index contributed by atoms with van der Waals surface area (Å²) in [6.45, 7) is 5.97. The Morgan fingerprint density at radius 1 is 1.16 bits per heavy atom. The molecule has 43 heavy (non-hydrogen) atoms. The Morgan fingerprint density at radius 2 is 1.86 bits per heavy atom. The van der Waals surface area contributed by atoms with E-state index < -0.39 is 17.4 Å². The van der Waals surface area contributed by atoms with Crippen LogP contribution in [-0.2, 0) is 24.6 Å². The number of alkyl halides is 3. The zero-order valence-electron chi connectivity index (χ0n) is 24.3. The molecule has 1 aliphatic heterocycles. The number of carbonyl (C=O) groups excluding carboxylic acids is 1. The molecule has 1 amide bonds. The van der Waals surface area contributed by atoms with Crippen LogP contribution in [0.1, 0.15) is 61.0 Å². The number of allylic oxidation sites excluding steroid dienone is 1. The second-order valence-corrected chi connectivity index (χ2v) is 11.2. The average molecular weight is 593 g/mol. The number of benzene rings is 1. The van der Waals surface area contributed by atoms with Crippen LogP contribution in [0.15, 0.2) is 58.3 Å². The number of ether oxygens (including phenoxy) is 1. The van der Waals surface area contributed by atoms with Crippen LogP contribution < -0.4 is 4.74 Å². The summed E-state index contributed by atoms with van der Waals surface area (Å²) < 4.78 is 46.5. The van der Waals surface area contributed by atoms with Crippen molar-refractivity contribution in [1.29, 1.82) is 0 Å². The molecule has 0 atom stereocenters. The lowest BCUT2D eigenvalue weighted by Crippen LogP contribution is -2.53. The number of halogens is 3. The molecule has 2 aromatic heterocycles. The van der Waals surface area contributed by atoms with E-state index in [1.807, 2.05) is 24.0 Å². The van der Waals surface area contributed by atoms with Gasteiger partial charge in [0.2, 0.25) is 5.88 Å². The number of aryl methyl sites for hydroxylation is 1. The van der Waals surface area contributed by atoms with Crippen LogP contribution in [0, 0.1) is 0 Å². The summed E-state index contributed by atoms with van der Waals surface area (Å²) in [6.07, 6.45) is 1.23. The van der Waals surface area contributed by atoms with E-state index in [0.29, 0.717) is 53.7 Å². The highest BCUT2D eigenvalue weighted by atomic mass is 19.4. The fraction of sp³-hybridized carbons (Fsp3) is 0.400. The van der Waals surface area contributed by atoms with Gasteiger partial charge in [0.05, 0.1) is 18.5 Å².